The molecule has 5 nitrogen and oxygen atoms in total. The van der Waals surface area contributed by atoms with Gasteiger partial charge in [-0.1, -0.05) is 25.4 Å². The molecule has 0 unspecified atom stereocenters. The third-order valence-electron chi connectivity index (χ3n) is 3.65. The van der Waals surface area contributed by atoms with Crippen LogP contribution < -0.4 is 5.32 Å². The topological polar surface area (TPSA) is 45.5 Å². The van der Waals surface area contributed by atoms with Crippen LogP contribution in [-0.4, -0.2) is 34.5 Å². The number of thiazole rings is 1. The van der Waals surface area contributed by atoms with Crippen molar-refractivity contribution in [2.45, 2.75) is 33.4 Å². The lowest BCUT2D eigenvalue weighted by molar-refractivity contribution is 0.462. The number of aliphatic imine (C=N–C) groups is 1. The molecule has 0 amide bonds. The minimum atomic E-state index is 0. The average Bonchev–Trinajstić information content (AvgIpc) is 3.05. The van der Waals surface area contributed by atoms with Crippen LogP contribution in [0.2, 0.25) is 5.02 Å². The number of aryl methyl sites for hydroxylation is 1. The van der Waals surface area contributed by atoms with Gasteiger partial charge in [0.15, 0.2) is 5.96 Å². The molecular weight excluding hydrogens is 469 g/mol. The zero-order valence-corrected chi connectivity index (χ0v) is 19.3. The van der Waals surface area contributed by atoms with Gasteiger partial charge in [0, 0.05) is 50.5 Å². The Kier molecular flexibility index (Phi) is 9.23. The Bertz CT molecular complexity index is 695. The fourth-order valence-corrected chi connectivity index (χ4v) is 3.81. The molecule has 0 saturated heterocycles. The Morgan fingerprint density at radius 1 is 1.48 bits per heavy atom. The first-order valence-corrected chi connectivity index (χ1v) is 9.24. The van der Waals surface area contributed by atoms with Crippen LogP contribution in [0.4, 0.5) is 0 Å². The first kappa shape index (κ1) is 22.2. The zero-order chi connectivity index (χ0) is 17.7. The SMILES string of the molecule is CN=C(NCc1cnc(CC(C)C)s1)N(C)Cc1cc(Cl)cn1C.I. The molecule has 0 aliphatic carbocycles. The van der Waals surface area contributed by atoms with Crippen molar-refractivity contribution < 1.29 is 0 Å². The molecule has 25 heavy (non-hydrogen) atoms. The van der Waals surface area contributed by atoms with Gasteiger partial charge in [-0.15, -0.1) is 35.3 Å². The van der Waals surface area contributed by atoms with Crippen molar-refractivity contribution >= 4 is 52.9 Å². The maximum absolute atomic E-state index is 6.05. The molecule has 2 aromatic heterocycles. The van der Waals surface area contributed by atoms with Gasteiger partial charge in [0.2, 0.25) is 0 Å². The molecular formula is C17H27ClIN5S. The summed E-state index contributed by atoms with van der Waals surface area (Å²) in [7, 11) is 5.82. The van der Waals surface area contributed by atoms with Crippen LogP contribution in [0.3, 0.4) is 0 Å². The van der Waals surface area contributed by atoms with E-state index in [4.69, 9.17) is 11.6 Å². The van der Waals surface area contributed by atoms with Crippen molar-refractivity contribution in [1.82, 2.24) is 19.8 Å². The van der Waals surface area contributed by atoms with Crippen LogP contribution in [0.5, 0.6) is 0 Å². The van der Waals surface area contributed by atoms with E-state index in [1.165, 1.54) is 9.88 Å². The van der Waals surface area contributed by atoms with E-state index in [1.807, 2.05) is 37.1 Å². The van der Waals surface area contributed by atoms with Gasteiger partial charge in [-0.3, -0.25) is 4.99 Å². The molecule has 2 rings (SSSR count). The lowest BCUT2D eigenvalue weighted by Gasteiger charge is -2.22. The van der Waals surface area contributed by atoms with E-state index >= 15 is 0 Å². The van der Waals surface area contributed by atoms with Gasteiger partial charge in [-0.25, -0.2) is 4.98 Å². The van der Waals surface area contributed by atoms with Gasteiger partial charge < -0.3 is 14.8 Å². The maximum atomic E-state index is 6.05. The second kappa shape index (κ2) is 10.4. The Morgan fingerprint density at radius 2 is 2.20 bits per heavy atom. The van der Waals surface area contributed by atoms with Crippen molar-refractivity contribution in [3.63, 3.8) is 0 Å². The second-order valence-electron chi connectivity index (χ2n) is 6.34. The molecule has 2 aromatic rings. The fraction of sp³-hybridized carbons (Fsp3) is 0.529. The van der Waals surface area contributed by atoms with E-state index in [1.54, 1.807) is 18.4 Å². The van der Waals surface area contributed by atoms with Gasteiger partial charge in [-0.05, 0) is 12.0 Å². The first-order valence-electron chi connectivity index (χ1n) is 8.05. The molecule has 0 bridgehead atoms. The predicted octanol–water partition coefficient (Wildman–Crippen LogP) is 4.16. The van der Waals surface area contributed by atoms with E-state index in [2.05, 4.69) is 34.0 Å². The molecule has 0 atom stereocenters. The number of nitrogens with zero attached hydrogens (tertiary/aromatic N) is 4. The summed E-state index contributed by atoms with van der Waals surface area (Å²) in [5.74, 6) is 1.49. The highest BCUT2D eigenvalue weighted by atomic mass is 127. The van der Waals surface area contributed by atoms with Crippen LogP contribution in [0, 0.1) is 5.92 Å². The van der Waals surface area contributed by atoms with Crippen molar-refractivity contribution in [1.29, 1.82) is 0 Å². The van der Waals surface area contributed by atoms with Gasteiger partial charge in [0.25, 0.3) is 0 Å². The number of guanidine groups is 1. The zero-order valence-electron chi connectivity index (χ0n) is 15.4. The molecule has 0 aromatic carbocycles. The van der Waals surface area contributed by atoms with Gasteiger partial charge in [0.05, 0.1) is 23.1 Å². The minimum Gasteiger partial charge on any atom is -0.351 e. The van der Waals surface area contributed by atoms with Crippen LogP contribution in [0.25, 0.3) is 0 Å². The summed E-state index contributed by atoms with van der Waals surface area (Å²) in [5.41, 5.74) is 1.14. The number of rotatable bonds is 6. The summed E-state index contributed by atoms with van der Waals surface area (Å²) in [4.78, 5) is 12.2. The third-order valence-corrected chi connectivity index (χ3v) is 4.88. The van der Waals surface area contributed by atoms with Crippen molar-refractivity contribution in [2.75, 3.05) is 14.1 Å². The van der Waals surface area contributed by atoms with Crippen molar-refractivity contribution in [3.8, 4) is 0 Å². The van der Waals surface area contributed by atoms with Gasteiger partial charge >= 0.3 is 0 Å². The van der Waals surface area contributed by atoms with Crippen molar-refractivity contribution in [2.24, 2.45) is 18.0 Å². The summed E-state index contributed by atoms with van der Waals surface area (Å²) in [5, 5.41) is 5.36. The monoisotopic (exact) mass is 495 g/mol. The van der Waals surface area contributed by atoms with Crippen LogP contribution in [0.1, 0.15) is 29.4 Å². The molecule has 0 fully saturated rings. The number of hydrogen-bond donors (Lipinski definition) is 1. The van der Waals surface area contributed by atoms with Crippen LogP contribution in [0.15, 0.2) is 23.5 Å². The normalized spacial score (nSPS) is 11.6. The van der Waals surface area contributed by atoms with E-state index in [-0.39, 0.29) is 24.0 Å². The summed E-state index contributed by atoms with van der Waals surface area (Å²) in [6, 6.07) is 1.98. The Balaban J connectivity index is 0.00000312. The Hall–Kier alpha value is -0.800. The quantitative estimate of drug-likeness (QED) is 0.372. The largest absolute Gasteiger partial charge is 0.351 e. The third kappa shape index (κ3) is 6.79. The van der Waals surface area contributed by atoms with Gasteiger partial charge in [0.1, 0.15) is 0 Å². The van der Waals surface area contributed by atoms with E-state index in [0.29, 0.717) is 5.92 Å². The van der Waals surface area contributed by atoms with Crippen LogP contribution in [-0.2, 0) is 26.6 Å². The lowest BCUT2D eigenvalue weighted by Crippen LogP contribution is -2.38. The summed E-state index contributed by atoms with van der Waals surface area (Å²) < 4.78 is 2.04. The summed E-state index contributed by atoms with van der Waals surface area (Å²) >= 11 is 7.82. The number of halogens is 2. The molecule has 0 spiro atoms. The molecule has 0 aliphatic heterocycles. The average molecular weight is 496 g/mol. The highest BCUT2D eigenvalue weighted by molar-refractivity contribution is 14.0. The van der Waals surface area contributed by atoms with E-state index in [0.717, 1.165) is 36.2 Å². The fourth-order valence-electron chi connectivity index (χ4n) is 2.47. The number of nitrogens with one attached hydrogen (secondary N) is 1. The van der Waals surface area contributed by atoms with Crippen LogP contribution >= 0.6 is 46.9 Å². The molecule has 2 heterocycles. The Morgan fingerprint density at radius 3 is 2.76 bits per heavy atom. The van der Waals surface area contributed by atoms with Crippen molar-refractivity contribution in [3.05, 3.63) is 39.1 Å². The highest BCUT2D eigenvalue weighted by Gasteiger charge is 2.11. The minimum absolute atomic E-state index is 0. The molecule has 0 aliphatic rings. The second-order valence-corrected chi connectivity index (χ2v) is 7.97. The Labute approximate surface area is 176 Å². The molecule has 1 N–H and O–H groups in total. The maximum Gasteiger partial charge on any atom is 0.194 e. The lowest BCUT2D eigenvalue weighted by atomic mass is 10.1. The van der Waals surface area contributed by atoms with E-state index < -0.39 is 0 Å². The smallest absolute Gasteiger partial charge is 0.194 e. The molecule has 8 heteroatoms. The number of hydrogen-bond acceptors (Lipinski definition) is 3. The van der Waals surface area contributed by atoms with E-state index in [9.17, 15) is 0 Å². The standard InChI is InChI=1S/C17H26ClN5S.HI/c1-12(2)6-16-20-8-15(24-16)9-21-17(19-3)23(5)11-14-7-13(18)10-22(14)4;/h7-8,10,12H,6,9,11H2,1-5H3,(H,19,21);1H. The highest BCUT2D eigenvalue weighted by Crippen LogP contribution is 2.17. The molecule has 0 radical (unpaired) electrons. The number of aromatic nitrogens is 2. The van der Waals surface area contributed by atoms with Gasteiger partial charge in [-0.2, -0.15) is 0 Å². The first-order chi connectivity index (χ1) is 11.4. The summed E-state index contributed by atoms with van der Waals surface area (Å²) in [6.45, 7) is 5.91. The molecule has 140 valence electrons. The predicted molar refractivity (Wildman–Crippen MR) is 118 cm³/mol. The molecule has 0 saturated carbocycles. The summed E-state index contributed by atoms with van der Waals surface area (Å²) in [6.07, 6.45) is 4.90.